The highest BCUT2D eigenvalue weighted by molar-refractivity contribution is 6.05. The summed E-state index contributed by atoms with van der Waals surface area (Å²) in [7, 11) is 0. The van der Waals surface area contributed by atoms with Crippen molar-refractivity contribution in [1.82, 2.24) is 19.9 Å². The zero-order valence-corrected chi connectivity index (χ0v) is 23.3. The number of rotatable bonds is 7. The maximum atomic E-state index is 13.3. The highest BCUT2D eigenvalue weighted by atomic mass is 16.1. The number of fused-ring (bicyclic) bond motifs is 1. The summed E-state index contributed by atoms with van der Waals surface area (Å²) in [6, 6.07) is 20.0. The summed E-state index contributed by atoms with van der Waals surface area (Å²) >= 11 is 0. The highest BCUT2D eigenvalue weighted by Gasteiger charge is 2.16. The molecular weight excluding hydrogens is 510 g/mol. The smallest absolute Gasteiger partial charge is 0.255 e. The SMILES string of the molecule is CC(C)Nc1ncc2cc(-c3cccc(NC(=O)c4ccnc(N5CCCCC5)c4)c3)c(-c3cccnc3)cc2n1. The molecule has 0 bridgehead atoms. The van der Waals surface area contributed by atoms with Crippen LogP contribution < -0.4 is 15.5 Å². The molecule has 4 heterocycles. The Morgan fingerprint density at radius 1 is 0.854 bits per heavy atom. The molecule has 0 atom stereocenters. The summed E-state index contributed by atoms with van der Waals surface area (Å²) < 4.78 is 0. The molecule has 1 amide bonds. The molecule has 0 spiro atoms. The van der Waals surface area contributed by atoms with E-state index < -0.39 is 0 Å². The predicted octanol–water partition coefficient (Wildman–Crippen LogP) is 6.82. The van der Waals surface area contributed by atoms with Gasteiger partial charge in [0.05, 0.1) is 5.52 Å². The van der Waals surface area contributed by atoms with Crippen LogP contribution in [0.4, 0.5) is 17.5 Å². The topological polar surface area (TPSA) is 95.9 Å². The van der Waals surface area contributed by atoms with E-state index in [1.165, 1.54) is 6.42 Å². The van der Waals surface area contributed by atoms with Crippen molar-refractivity contribution in [3.05, 3.63) is 91.0 Å². The number of aromatic nitrogens is 4. The standard InChI is InChI=1S/C33H33N7O/c1-22(2)37-33-36-21-26-17-28(29(19-30(26)39-33)25-9-7-12-34-20-25)23-8-6-10-27(16-23)38-32(41)24-11-13-35-31(18-24)40-14-4-3-5-15-40/h6-13,16-22H,3-5,14-15H2,1-2H3,(H,38,41)(H,36,37,39). The number of hydrogen-bond acceptors (Lipinski definition) is 7. The van der Waals surface area contributed by atoms with E-state index in [1.54, 1.807) is 18.5 Å². The van der Waals surface area contributed by atoms with E-state index in [0.29, 0.717) is 17.2 Å². The predicted molar refractivity (Wildman–Crippen MR) is 165 cm³/mol. The van der Waals surface area contributed by atoms with Gasteiger partial charge < -0.3 is 15.5 Å². The van der Waals surface area contributed by atoms with E-state index in [2.05, 4.69) is 56.5 Å². The van der Waals surface area contributed by atoms with Crippen LogP contribution in [0.1, 0.15) is 43.5 Å². The molecule has 0 unspecified atom stereocenters. The van der Waals surface area contributed by atoms with Gasteiger partial charge >= 0.3 is 0 Å². The van der Waals surface area contributed by atoms with Crippen molar-refractivity contribution in [3.8, 4) is 22.3 Å². The Balaban J connectivity index is 1.33. The van der Waals surface area contributed by atoms with Crippen LogP contribution in [0.2, 0.25) is 0 Å². The van der Waals surface area contributed by atoms with E-state index in [4.69, 9.17) is 4.98 Å². The Hall–Kier alpha value is -4.85. The summed E-state index contributed by atoms with van der Waals surface area (Å²) in [4.78, 5) is 33.7. The lowest BCUT2D eigenvalue weighted by Crippen LogP contribution is -2.30. The number of carbonyl (C=O) groups excluding carboxylic acids is 1. The monoisotopic (exact) mass is 543 g/mol. The number of hydrogen-bond donors (Lipinski definition) is 2. The van der Waals surface area contributed by atoms with E-state index in [9.17, 15) is 4.79 Å². The maximum absolute atomic E-state index is 13.3. The van der Waals surface area contributed by atoms with Crippen LogP contribution in [-0.2, 0) is 0 Å². The fourth-order valence-corrected chi connectivity index (χ4v) is 5.23. The summed E-state index contributed by atoms with van der Waals surface area (Å²) in [5, 5.41) is 7.30. The molecule has 2 aromatic carbocycles. The quantitative estimate of drug-likeness (QED) is 0.233. The first-order valence-electron chi connectivity index (χ1n) is 14.1. The van der Waals surface area contributed by atoms with Crippen LogP contribution in [0.25, 0.3) is 33.2 Å². The normalized spacial score (nSPS) is 13.4. The molecule has 3 aromatic heterocycles. The molecular formula is C33H33N7O. The van der Waals surface area contributed by atoms with Gasteiger partial charge in [-0.25, -0.2) is 15.0 Å². The van der Waals surface area contributed by atoms with Gasteiger partial charge in [0.1, 0.15) is 5.82 Å². The average molecular weight is 544 g/mol. The summed E-state index contributed by atoms with van der Waals surface area (Å²) in [5.74, 6) is 1.30. The van der Waals surface area contributed by atoms with E-state index in [-0.39, 0.29) is 11.9 Å². The van der Waals surface area contributed by atoms with Crippen LogP contribution >= 0.6 is 0 Å². The first kappa shape index (κ1) is 26.4. The minimum absolute atomic E-state index is 0.160. The zero-order valence-electron chi connectivity index (χ0n) is 23.3. The molecule has 1 fully saturated rings. The second-order valence-corrected chi connectivity index (χ2v) is 10.7. The number of amides is 1. The third kappa shape index (κ3) is 6.01. The van der Waals surface area contributed by atoms with Gasteiger partial charge in [0.25, 0.3) is 5.91 Å². The maximum Gasteiger partial charge on any atom is 0.255 e. The second-order valence-electron chi connectivity index (χ2n) is 10.7. The number of pyridine rings is 2. The molecule has 2 N–H and O–H groups in total. The number of piperidine rings is 1. The first-order valence-corrected chi connectivity index (χ1v) is 14.1. The minimum atomic E-state index is -0.160. The molecule has 206 valence electrons. The third-order valence-corrected chi connectivity index (χ3v) is 7.23. The van der Waals surface area contributed by atoms with Crippen molar-refractivity contribution in [3.63, 3.8) is 0 Å². The lowest BCUT2D eigenvalue weighted by molar-refractivity contribution is 0.102. The van der Waals surface area contributed by atoms with Gasteiger partial charge in [0.15, 0.2) is 0 Å². The fourth-order valence-electron chi connectivity index (χ4n) is 5.23. The van der Waals surface area contributed by atoms with Crippen LogP contribution in [-0.4, -0.2) is 45.0 Å². The van der Waals surface area contributed by atoms with Crippen molar-refractivity contribution in [2.45, 2.75) is 39.2 Å². The lowest BCUT2D eigenvalue weighted by Gasteiger charge is -2.27. The minimum Gasteiger partial charge on any atom is -0.357 e. The summed E-state index contributed by atoms with van der Waals surface area (Å²) in [5.41, 5.74) is 6.12. The zero-order chi connectivity index (χ0) is 28.2. The molecule has 1 aliphatic rings. The van der Waals surface area contributed by atoms with E-state index >= 15 is 0 Å². The third-order valence-electron chi connectivity index (χ3n) is 7.23. The number of nitrogens with one attached hydrogen (secondary N) is 2. The van der Waals surface area contributed by atoms with Gasteiger partial charge in [0, 0.05) is 66.1 Å². The fraction of sp³-hybridized carbons (Fsp3) is 0.242. The Morgan fingerprint density at radius 2 is 1.68 bits per heavy atom. The molecule has 0 saturated carbocycles. The Kier molecular flexibility index (Phi) is 7.54. The average Bonchev–Trinajstić information content (AvgIpc) is 3.01. The first-order chi connectivity index (χ1) is 20.0. The van der Waals surface area contributed by atoms with Gasteiger partial charge in [-0.2, -0.15) is 0 Å². The van der Waals surface area contributed by atoms with Gasteiger partial charge in [-0.1, -0.05) is 18.2 Å². The molecule has 0 aliphatic carbocycles. The molecule has 8 nitrogen and oxygen atoms in total. The molecule has 5 aromatic rings. The van der Waals surface area contributed by atoms with Gasteiger partial charge in [-0.3, -0.25) is 9.78 Å². The summed E-state index contributed by atoms with van der Waals surface area (Å²) in [6.45, 7) is 6.08. The van der Waals surface area contributed by atoms with Crippen molar-refractivity contribution in [2.75, 3.05) is 28.6 Å². The van der Waals surface area contributed by atoms with Crippen LogP contribution in [0.5, 0.6) is 0 Å². The van der Waals surface area contributed by atoms with E-state index in [0.717, 1.165) is 64.9 Å². The Bertz CT molecular complexity index is 1680. The number of carbonyl (C=O) groups is 1. The van der Waals surface area contributed by atoms with Gasteiger partial charge in [0.2, 0.25) is 5.95 Å². The van der Waals surface area contributed by atoms with Crippen molar-refractivity contribution >= 4 is 34.3 Å². The molecule has 41 heavy (non-hydrogen) atoms. The van der Waals surface area contributed by atoms with Crippen molar-refractivity contribution in [2.24, 2.45) is 0 Å². The molecule has 6 rings (SSSR count). The van der Waals surface area contributed by atoms with Crippen LogP contribution in [0.3, 0.4) is 0 Å². The second kappa shape index (κ2) is 11.7. The Morgan fingerprint density at radius 3 is 2.49 bits per heavy atom. The van der Waals surface area contributed by atoms with Gasteiger partial charge in [-0.15, -0.1) is 0 Å². The lowest BCUT2D eigenvalue weighted by atomic mass is 9.93. The molecule has 8 heteroatoms. The molecule has 0 radical (unpaired) electrons. The Labute approximate surface area is 239 Å². The highest BCUT2D eigenvalue weighted by Crippen LogP contribution is 2.36. The summed E-state index contributed by atoms with van der Waals surface area (Å²) in [6.07, 6.45) is 10.7. The molecule has 1 aliphatic heterocycles. The number of nitrogens with zero attached hydrogens (tertiary/aromatic N) is 5. The van der Waals surface area contributed by atoms with Crippen LogP contribution in [0, 0.1) is 0 Å². The van der Waals surface area contributed by atoms with Crippen molar-refractivity contribution < 1.29 is 4.79 Å². The van der Waals surface area contributed by atoms with Crippen LogP contribution in [0.15, 0.2) is 85.5 Å². The molecule has 1 saturated heterocycles. The number of anilines is 3. The van der Waals surface area contributed by atoms with Crippen molar-refractivity contribution in [1.29, 1.82) is 0 Å². The van der Waals surface area contributed by atoms with Gasteiger partial charge in [-0.05, 0) is 92.3 Å². The number of benzene rings is 2. The largest absolute Gasteiger partial charge is 0.357 e. The van der Waals surface area contributed by atoms with E-state index in [1.807, 2.05) is 54.9 Å².